The summed E-state index contributed by atoms with van der Waals surface area (Å²) in [6, 6.07) is 10.4. The van der Waals surface area contributed by atoms with Gasteiger partial charge in [-0.05, 0) is 30.9 Å². The lowest BCUT2D eigenvalue weighted by Gasteiger charge is -2.10. The van der Waals surface area contributed by atoms with Crippen molar-refractivity contribution in [2.75, 3.05) is 6.54 Å². The zero-order chi connectivity index (χ0) is 21.4. The van der Waals surface area contributed by atoms with Gasteiger partial charge >= 0.3 is 5.69 Å². The van der Waals surface area contributed by atoms with Gasteiger partial charge in [-0.1, -0.05) is 18.2 Å². The van der Waals surface area contributed by atoms with Crippen molar-refractivity contribution in [1.82, 2.24) is 28.6 Å². The maximum absolute atomic E-state index is 12.4. The van der Waals surface area contributed by atoms with Crippen molar-refractivity contribution >= 4 is 28.0 Å². The summed E-state index contributed by atoms with van der Waals surface area (Å²) < 4.78 is 6.04. The fourth-order valence-corrected chi connectivity index (χ4v) is 3.84. The van der Waals surface area contributed by atoms with Gasteiger partial charge in [-0.25, -0.2) is 9.78 Å². The molecule has 0 fully saturated rings. The Balaban J connectivity index is 1.41. The molecule has 0 bridgehead atoms. The minimum atomic E-state index is -0.464. The summed E-state index contributed by atoms with van der Waals surface area (Å²) in [6.07, 6.45) is 2.20. The second kappa shape index (κ2) is 7.66. The van der Waals surface area contributed by atoms with Crippen molar-refractivity contribution in [3.8, 4) is 0 Å². The smallest absolute Gasteiger partial charge is 0.332 e. The molecule has 9 heteroatoms. The fourth-order valence-electron chi connectivity index (χ4n) is 3.84. The highest BCUT2D eigenvalue weighted by Crippen LogP contribution is 2.19. The molecule has 4 aromatic rings. The average molecular weight is 408 g/mol. The molecule has 156 valence electrons. The van der Waals surface area contributed by atoms with Crippen molar-refractivity contribution in [3.05, 3.63) is 63.2 Å². The Kier molecular flexibility index (Phi) is 5.03. The molecule has 9 nitrogen and oxygen atoms in total. The lowest BCUT2D eigenvalue weighted by atomic mass is 10.2. The Morgan fingerprint density at radius 2 is 1.90 bits per heavy atom. The number of nitrogens with one attached hydrogen (secondary N) is 1. The third kappa shape index (κ3) is 3.32. The topological polar surface area (TPSA) is 95.8 Å². The van der Waals surface area contributed by atoms with Gasteiger partial charge in [-0.2, -0.15) is 0 Å². The minimum absolute atomic E-state index is 0.0323. The maximum atomic E-state index is 12.4. The van der Waals surface area contributed by atoms with E-state index in [2.05, 4.69) is 40.0 Å². The number of carbonyl (C=O) groups is 1. The number of para-hydroxylation sites is 1. The Morgan fingerprint density at radius 1 is 1.13 bits per heavy atom. The van der Waals surface area contributed by atoms with Crippen LogP contribution in [-0.4, -0.2) is 35.7 Å². The molecule has 0 aliphatic heterocycles. The summed E-state index contributed by atoms with van der Waals surface area (Å²) in [4.78, 5) is 41.0. The lowest BCUT2D eigenvalue weighted by Crippen LogP contribution is -2.38. The van der Waals surface area contributed by atoms with Crippen LogP contribution in [0.3, 0.4) is 0 Å². The van der Waals surface area contributed by atoms with E-state index in [9.17, 15) is 14.4 Å². The zero-order valence-corrected chi connectivity index (χ0v) is 17.3. The van der Waals surface area contributed by atoms with Gasteiger partial charge in [-0.15, -0.1) is 0 Å². The Bertz CT molecular complexity index is 1370. The van der Waals surface area contributed by atoms with Crippen LogP contribution in [0.4, 0.5) is 0 Å². The molecule has 0 unspecified atom stereocenters. The number of fused-ring (bicyclic) bond motifs is 2. The van der Waals surface area contributed by atoms with Crippen LogP contribution in [-0.2, 0) is 32.0 Å². The number of benzene rings is 1. The van der Waals surface area contributed by atoms with E-state index in [0.717, 1.165) is 17.5 Å². The van der Waals surface area contributed by atoms with Crippen LogP contribution in [0.2, 0.25) is 0 Å². The van der Waals surface area contributed by atoms with E-state index in [1.54, 1.807) is 7.05 Å². The van der Waals surface area contributed by atoms with E-state index in [0.29, 0.717) is 6.54 Å². The molecule has 4 rings (SSSR count). The van der Waals surface area contributed by atoms with Crippen LogP contribution < -0.4 is 16.6 Å². The van der Waals surface area contributed by atoms with E-state index in [1.165, 1.54) is 39.1 Å². The van der Waals surface area contributed by atoms with E-state index in [1.807, 2.05) is 12.1 Å². The van der Waals surface area contributed by atoms with E-state index < -0.39 is 11.2 Å². The van der Waals surface area contributed by atoms with Gasteiger partial charge < -0.3 is 14.5 Å². The van der Waals surface area contributed by atoms with E-state index >= 15 is 0 Å². The Hall–Kier alpha value is -3.62. The van der Waals surface area contributed by atoms with Gasteiger partial charge in [0.15, 0.2) is 11.2 Å². The third-order valence-corrected chi connectivity index (χ3v) is 5.43. The largest absolute Gasteiger partial charge is 0.354 e. The molecule has 0 radical (unpaired) electrons. The summed E-state index contributed by atoms with van der Waals surface area (Å²) >= 11 is 0. The number of amides is 1. The standard InChI is InChI=1S/C21H24N6O3/c1-14-11-15-7-4-5-8-16(15)27(14)10-6-9-22-17(28)12-26-13-23-19-18(26)20(29)25(3)21(30)24(19)2/h4-5,7-8,11,13H,6,9-10,12H2,1-3H3,(H,22,28). The fraction of sp³-hybridized carbons (Fsp3) is 0.333. The van der Waals surface area contributed by atoms with Crippen LogP contribution in [0.15, 0.2) is 46.2 Å². The van der Waals surface area contributed by atoms with Crippen LogP contribution in [0.25, 0.3) is 22.1 Å². The van der Waals surface area contributed by atoms with Gasteiger partial charge in [0.2, 0.25) is 5.91 Å². The predicted molar refractivity (Wildman–Crippen MR) is 115 cm³/mol. The molecular formula is C21H24N6O3. The number of rotatable bonds is 6. The summed E-state index contributed by atoms with van der Waals surface area (Å²) in [5.74, 6) is -0.209. The third-order valence-electron chi connectivity index (χ3n) is 5.43. The molecule has 1 aromatic carbocycles. The molecule has 3 heterocycles. The highest BCUT2D eigenvalue weighted by molar-refractivity contribution is 5.81. The lowest BCUT2D eigenvalue weighted by molar-refractivity contribution is -0.121. The van der Waals surface area contributed by atoms with Crippen LogP contribution >= 0.6 is 0 Å². The molecule has 0 saturated carbocycles. The van der Waals surface area contributed by atoms with Gasteiger partial charge in [0, 0.05) is 38.4 Å². The summed E-state index contributed by atoms with van der Waals surface area (Å²) in [5, 5.41) is 4.11. The number of hydrogen-bond acceptors (Lipinski definition) is 4. The van der Waals surface area contributed by atoms with E-state index in [-0.39, 0.29) is 23.6 Å². The Labute approximate surface area is 172 Å². The van der Waals surface area contributed by atoms with Gasteiger partial charge in [0.05, 0.1) is 6.33 Å². The van der Waals surface area contributed by atoms with Gasteiger partial charge in [0.1, 0.15) is 6.54 Å². The molecule has 1 N–H and O–H groups in total. The summed E-state index contributed by atoms with van der Waals surface area (Å²) in [6.45, 7) is 3.37. The zero-order valence-electron chi connectivity index (χ0n) is 17.3. The highest BCUT2D eigenvalue weighted by Gasteiger charge is 2.15. The monoisotopic (exact) mass is 408 g/mol. The Morgan fingerprint density at radius 3 is 2.70 bits per heavy atom. The second-order valence-electron chi connectivity index (χ2n) is 7.45. The molecule has 0 atom stereocenters. The molecule has 1 amide bonds. The van der Waals surface area contributed by atoms with Crippen LogP contribution in [0, 0.1) is 6.92 Å². The van der Waals surface area contributed by atoms with Gasteiger partial charge in [-0.3, -0.25) is 18.7 Å². The summed E-state index contributed by atoms with van der Waals surface area (Å²) in [5.41, 5.74) is 1.97. The maximum Gasteiger partial charge on any atom is 0.332 e. The van der Waals surface area contributed by atoms with Crippen molar-refractivity contribution in [1.29, 1.82) is 0 Å². The number of aromatic nitrogens is 5. The van der Waals surface area contributed by atoms with Crippen LogP contribution in [0.5, 0.6) is 0 Å². The van der Waals surface area contributed by atoms with E-state index in [4.69, 9.17) is 0 Å². The first-order valence-corrected chi connectivity index (χ1v) is 9.81. The number of aryl methyl sites for hydroxylation is 3. The second-order valence-corrected chi connectivity index (χ2v) is 7.45. The van der Waals surface area contributed by atoms with Crippen molar-refractivity contribution < 1.29 is 4.79 Å². The number of carbonyl (C=O) groups excluding carboxylic acids is 1. The molecule has 0 aliphatic carbocycles. The molecule has 30 heavy (non-hydrogen) atoms. The first-order valence-electron chi connectivity index (χ1n) is 9.81. The highest BCUT2D eigenvalue weighted by atomic mass is 16.2. The van der Waals surface area contributed by atoms with Crippen molar-refractivity contribution in [3.63, 3.8) is 0 Å². The minimum Gasteiger partial charge on any atom is -0.354 e. The SMILES string of the molecule is Cc1cc2ccccc2n1CCCNC(=O)Cn1cnc2c1c(=O)n(C)c(=O)n2C. The first kappa shape index (κ1) is 19.7. The molecular weight excluding hydrogens is 384 g/mol. The molecule has 0 aliphatic rings. The number of nitrogens with zero attached hydrogens (tertiary/aromatic N) is 5. The quantitative estimate of drug-likeness (QED) is 0.480. The first-order chi connectivity index (χ1) is 14.4. The molecule has 3 aromatic heterocycles. The summed E-state index contributed by atoms with van der Waals surface area (Å²) in [7, 11) is 2.96. The normalized spacial score (nSPS) is 11.4. The van der Waals surface area contributed by atoms with Crippen molar-refractivity contribution in [2.45, 2.75) is 26.4 Å². The predicted octanol–water partition coefficient (Wildman–Crippen LogP) is 0.903. The molecule has 0 saturated heterocycles. The average Bonchev–Trinajstić information content (AvgIpc) is 3.28. The van der Waals surface area contributed by atoms with Crippen molar-refractivity contribution in [2.24, 2.45) is 14.1 Å². The molecule has 0 spiro atoms. The van der Waals surface area contributed by atoms with Gasteiger partial charge in [0.25, 0.3) is 5.56 Å². The van der Waals surface area contributed by atoms with Crippen LogP contribution in [0.1, 0.15) is 12.1 Å². The number of hydrogen-bond donors (Lipinski definition) is 1. The number of imidazole rings is 1.